The van der Waals surface area contributed by atoms with E-state index in [2.05, 4.69) is 5.32 Å². The first-order chi connectivity index (χ1) is 8.99. The van der Waals surface area contributed by atoms with E-state index in [-0.39, 0.29) is 10.9 Å². The molecule has 0 radical (unpaired) electrons. The number of rotatable bonds is 3. The molecule has 0 aliphatic carbocycles. The highest BCUT2D eigenvalue weighted by atomic mass is 35.5. The fourth-order valence-electron chi connectivity index (χ4n) is 1.80. The van der Waals surface area contributed by atoms with Crippen molar-refractivity contribution in [2.75, 3.05) is 10.5 Å². The lowest BCUT2D eigenvalue weighted by Gasteiger charge is -2.23. The smallest absolute Gasteiger partial charge is 0.0512 e. The van der Waals surface area contributed by atoms with Gasteiger partial charge in [-0.1, -0.05) is 17.7 Å². The summed E-state index contributed by atoms with van der Waals surface area (Å²) in [6, 6.07) is 10.5. The van der Waals surface area contributed by atoms with Gasteiger partial charge in [0, 0.05) is 16.4 Å². The lowest BCUT2D eigenvalue weighted by atomic mass is 10.1. The Morgan fingerprint density at radius 1 is 1.16 bits per heavy atom. The van der Waals surface area contributed by atoms with E-state index in [9.17, 15) is 5.21 Å². The van der Waals surface area contributed by atoms with Gasteiger partial charge in [0.05, 0.1) is 5.69 Å². The third-order valence-corrected chi connectivity index (χ3v) is 3.38. The largest absolute Gasteiger partial charge is 0.733 e. The Labute approximate surface area is 116 Å². The number of nitrogens with one attached hydrogen (secondary N) is 1. The van der Waals surface area contributed by atoms with Crippen LogP contribution in [0.2, 0.25) is 5.02 Å². The number of halogens is 1. The summed E-state index contributed by atoms with van der Waals surface area (Å²) in [5.74, 6) is 0. The van der Waals surface area contributed by atoms with E-state index in [1.54, 1.807) is 18.2 Å². The van der Waals surface area contributed by atoms with Gasteiger partial charge in [-0.3, -0.25) is 5.21 Å². The molecule has 0 aliphatic heterocycles. The summed E-state index contributed by atoms with van der Waals surface area (Å²) in [7, 11) is 0. The molecule has 0 aromatic heterocycles. The van der Waals surface area contributed by atoms with Gasteiger partial charge in [-0.25, -0.2) is 0 Å². The fraction of sp³-hybridized carbons (Fsp3) is 0.143. The molecule has 5 heteroatoms. The van der Waals surface area contributed by atoms with E-state index in [1.165, 1.54) is 0 Å². The minimum absolute atomic E-state index is 0.151. The highest BCUT2D eigenvalue weighted by molar-refractivity contribution is 6.31. The second kappa shape index (κ2) is 5.48. The van der Waals surface area contributed by atoms with Crippen LogP contribution < -0.4 is 10.5 Å². The quantitative estimate of drug-likeness (QED) is 0.817. The van der Waals surface area contributed by atoms with E-state index in [0.717, 1.165) is 22.5 Å². The van der Waals surface area contributed by atoms with Gasteiger partial charge in [0.15, 0.2) is 0 Å². The van der Waals surface area contributed by atoms with Gasteiger partial charge in [-0.15, -0.1) is 0 Å². The first kappa shape index (κ1) is 13.7. The number of hydrogen-bond donors (Lipinski definition) is 2. The van der Waals surface area contributed by atoms with Crippen LogP contribution in [-0.2, 0) is 0 Å². The van der Waals surface area contributed by atoms with Gasteiger partial charge in [0.25, 0.3) is 0 Å². The zero-order valence-electron chi connectivity index (χ0n) is 10.6. The highest BCUT2D eigenvalue weighted by Gasteiger charge is 2.05. The molecule has 0 unspecified atom stereocenters. The summed E-state index contributed by atoms with van der Waals surface area (Å²) < 4.78 is 0. The van der Waals surface area contributed by atoms with Crippen LogP contribution in [0, 0.1) is 19.1 Å². The third kappa shape index (κ3) is 2.98. The van der Waals surface area contributed by atoms with Crippen LogP contribution in [0.3, 0.4) is 0 Å². The molecular weight excluding hydrogens is 264 g/mol. The molecule has 0 fully saturated rings. The molecule has 0 saturated carbocycles. The van der Waals surface area contributed by atoms with E-state index in [1.807, 2.05) is 32.0 Å². The topological polar surface area (TPSA) is 58.6 Å². The number of benzene rings is 2. The molecule has 19 heavy (non-hydrogen) atoms. The van der Waals surface area contributed by atoms with Gasteiger partial charge in [0.1, 0.15) is 0 Å². The molecule has 4 nitrogen and oxygen atoms in total. The molecule has 2 rings (SSSR count). The van der Waals surface area contributed by atoms with E-state index in [4.69, 9.17) is 16.8 Å². The maximum absolute atomic E-state index is 10.8. The molecule has 100 valence electrons. The summed E-state index contributed by atoms with van der Waals surface area (Å²) in [5, 5.41) is 23.5. The first-order valence-electron chi connectivity index (χ1n) is 5.78. The van der Waals surface area contributed by atoms with Crippen molar-refractivity contribution in [1.29, 1.82) is 0 Å². The van der Waals surface area contributed by atoms with Crippen LogP contribution in [0.15, 0.2) is 36.4 Å². The van der Waals surface area contributed by atoms with Crippen molar-refractivity contribution < 1.29 is 5.21 Å². The maximum Gasteiger partial charge on any atom is 0.0512 e. The summed E-state index contributed by atoms with van der Waals surface area (Å²) >= 11 is 6.07. The van der Waals surface area contributed by atoms with Gasteiger partial charge in [-0.05, 0) is 55.3 Å². The lowest BCUT2D eigenvalue weighted by molar-refractivity contribution is 0.296. The standard InChI is InChI=1S/C14H14ClN2O2/c1-9-8-11(17(18)19)6-7-13(9)16-14-5-3-4-12(15)10(14)2/h3-8,16,18H,1-2H3/q-1. The molecule has 0 spiro atoms. The zero-order chi connectivity index (χ0) is 14.0. The summed E-state index contributed by atoms with van der Waals surface area (Å²) in [6.07, 6.45) is 0. The van der Waals surface area contributed by atoms with Crippen molar-refractivity contribution in [2.45, 2.75) is 13.8 Å². The third-order valence-electron chi connectivity index (χ3n) is 2.97. The molecule has 0 aliphatic rings. The van der Waals surface area contributed by atoms with E-state index in [0.29, 0.717) is 5.02 Å². The number of nitrogens with zero attached hydrogens (tertiary/aromatic N) is 1. The van der Waals surface area contributed by atoms with Crippen molar-refractivity contribution in [3.05, 3.63) is 57.8 Å². The minimum Gasteiger partial charge on any atom is -0.733 e. The number of anilines is 3. The zero-order valence-corrected chi connectivity index (χ0v) is 11.4. The van der Waals surface area contributed by atoms with Crippen LogP contribution >= 0.6 is 11.6 Å². The molecule has 2 aromatic rings. The maximum atomic E-state index is 10.8. The Bertz CT molecular complexity index is 600. The highest BCUT2D eigenvalue weighted by Crippen LogP contribution is 2.29. The van der Waals surface area contributed by atoms with E-state index >= 15 is 0 Å². The molecule has 0 heterocycles. The predicted molar refractivity (Wildman–Crippen MR) is 78.3 cm³/mol. The molecule has 2 aromatic carbocycles. The van der Waals surface area contributed by atoms with Crippen molar-refractivity contribution >= 4 is 28.7 Å². The van der Waals surface area contributed by atoms with Gasteiger partial charge in [0.2, 0.25) is 0 Å². The molecular formula is C14H14ClN2O2-. The van der Waals surface area contributed by atoms with Crippen LogP contribution in [0.5, 0.6) is 0 Å². The number of hydrogen-bond acceptors (Lipinski definition) is 4. The second-order valence-corrected chi connectivity index (χ2v) is 4.72. The Kier molecular flexibility index (Phi) is 3.95. The van der Waals surface area contributed by atoms with Crippen molar-refractivity contribution in [3.63, 3.8) is 0 Å². The minimum atomic E-state index is -0.151. The Hall–Kier alpha value is -1.75. The van der Waals surface area contributed by atoms with Gasteiger partial charge >= 0.3 is 0 Å². The van der Waals surface area contributed by atoms with Crippen LogP contribution in [0.4, 0.5) is 17.1 Å². The van der Waals surface area contributed by atoms with E-state index < -0.39 is 0 Å². The normalized spacial score (nSPS) is 10.4. The number of aryl methyl sites for hydroxylation is 1. The van der Waals surface area contributed by atoms with Gasteiger partial charge in [-0.2, -0.15) is 0 Å². The second-order valence-electron chi connectivity index (χ2n) is 4.31. The lowest BCUT2D eigenvalue weighted by Crippen LogP contribution is -2.07. The Morgan fingerprint density at radius 3 is 2.53 bits per heavy atom. The van der Waals surface area contributed by atoms with Crippen LogP contribution in [-0.4, -0.2) is 5.21 Å². The SMILES string of the molecule is Cc1cc(N([O-])O)ccc1Nc1cccc(Cl)c1C. The van der Waals surface area contributed by atoms with Crippen LogP contribution in [0.25, 0.3) is 0 Å². The van der Waals surface area contributed by atoms with Crippen molar-refractivity contribution in [3.8, 4) is 0 Å². The molecule has 2 N–H and O–H groups in total. The average Bonchev–Trinajstić information content (AvgIpc) is 2.37. The summed E-state index contributed by atoms with van der Waals surface area (Å²) in [5.41, 5.74) is 3.78. The average molecular weight is 278 g/mol. The predicted octanol–water partition coefficient (Wildman–Crippen LogP) is 4.39. The molecule has 0 atom stereocenters. The van der Waals surface area contributed by atoms with Crippen molar-refractivity contribution in [1.82, 2.24) is 0 Å². The Balaban J connectivity index is 2.31. The summed E-state index contributed by atoms with van der Waals surface area (Å²) in [6.45, 7) is 3.79. The van der Waals surface area contributed by atoms with Crippen LogP contribution in [0.1, 0.15) is 11.1 Å². The monoisotopic (exact) mass is 277 g/mol. The summed E-state index contributed by atoms with van der Waals surface area (Å²) in [4.78, 5) is 0. The molecule has 0 bridgehead atoms. The van der Waals surface area contributed by atoms with Gasteiger partial charge < -0.3 is 15.8 Å². The molecule has 0 saturated heterocycles. The molecule has 0 amide bonds. The van der Waals surface area contributed by atoms with Crippen molar-refractivity contribution in [2.24, 2.45) is 0 Å². The fourth-order valence-corrected chi connectivity index (χ4v) is 1.97. The first-order valence-corrected chi connectivity index (χ1v) is 6.16. The Morgan fingerprint density at radius 2 is 1.89 bits per heavy atom.